The summed E-state index contributed by atoms with van der Waals surface area (Å²) in [7, 11) is 1.72. The second-order valence-corrected chi connectivity index (χ2v) is 6.87. The minimum atomic E-state index is 0.0106. The van der Waals surface area contributed by atoms with E-state index in [1.165, 1.54) is 5.56 Å². The van der Waals surface area contributed by atoms with E-state index >= 15 is 0 Å². The molecular weight excluding hydrogens is 304 g/mol. The molecule has 24 heavy (non-hydrogen) atoms. The predicted octanol–water partition coefficient (Wildman–Crippen LogP) is 1.77. The Balaban J connectivity index is 1.46. The summed E-state index contributed by atoms with van der Waals surface area (Å²) < 4.78 is 11.0. The fourth-order valence-corrected chi connectivity index (χ4v) is 3.64. The van der Waals surface area contributed by atoms with Crippen LogP contribution in [0.1, 0.15) is 18.4 Å². The SMILES string of the molecule is COC[C@H]1CCN(C(=O)C[C@H]2CN(Cc3ccccc3)CCO2)C1. The molecule has 2 heterocycles. The van der Waals surface area contributed by atoms with Crippen molar-refractivity contribution in [2.24, 2.45) is 5.92 Å². The Kier molecular flexibility index (Phi) is 6.24. The second-order valence-electron chi connectivity index (χ2n) is 6.87. The highest BCUT2D eigenvalue weighted by atomic mass is 16.5. The number of likely N-dealkylation sites (tertiary alicyclic amines) is 1. The average molecular weight is 332 g/mol. The van der Waals surface area contributed by atoms with Crippen LogP contribution in [0.5, 0.6) is 0 Å². The maximum Gasteiger partial charge on any atom is 0.225 e. The molecule has 0 aliphatic carbocycles. The van der Waals surface area contributed by atoms with Gasteiger partial charge in [-0.3, -0.25) is 9.69 Å². The molecule has 5 nitrogen and oxygen atoms in total. The molecule has 0 saturated carbocycles. The van der Waals surface area contributed by atoms with E-state index in [4.69, 9.17) is 9.47 Å². The summed E-state index contributed by atoms with van der Waals surface area (Å²) in [5.41, 5.74) is 1.31. The number of carbonyl (C=O) groups is 1. The van der Waals surface area contributed by atoms with Crippen LogP contribution in [0.25, 0.3) is 0 Å². The predicted molar refractivity (Wildman–Crippen MR) is 92.6 cm³/mol. The van der Waals surface area contributed by atoms with Gasteiger partial charge in [0, 0.05) is 45.8 Å². The van der Waals surface area contributed by atoms with Gasteiger partial charge >= 0.3 is 0 Å². The Morgan fingerprint density at radius 2 is 2.08 bits per heavy atom. The fraction of sp³-hybridized carbons (Fsp3) is 0.632. The van der Waals surface area contributed by atoms with E-state index in [9.17, 15) is 4.79 Å². The molecule has 0 aromatic heterocycles. The zero-order chi connectivity index (χ0) is 16.8. The molecule has 2 aliphatic heterocycles. The number of benzene rings is 1. The average Bonchev–Trinajstić information content (AvgIpc) is 3.05. The van der Waals surface area contributed by atoms with Gasteiger partial charge in [0.05, 0.1) is 25.7 Å². The number of rotatable bonds is 6. The minimum absolute atomic E-state index is 0.0106. The van der Waals surface area contributed by atoms with Crippen LogP contribution in [0.4, 0.5) is 0 Å². The molecule has 3 rings (SSSR count). The van der Waals surface area contributed by atoms with Crippen molar-refractivity contribution >= 4 is 5.91 Å². The van der Waals surface area contributed by atoms with Crippen molar-refractivity contribution in [3.05, 3.63) is 35.9 Å². The van der Waals surface area contributed by atoms with Gasteiger partial charge in [0.1, 0.15) is 0 Å². The monoisotopic (exact) mass is 332 g/mol. The highest BCUT2D eigenvalue weighted by molar-refractivity contribution is 5.77. The van der Waals surface area contributed by atoms with Gasteiger partial charge < -0.3 is 14.4 Å². The van der Waals surface area contributed by atoms with E-state index in [-0.39, 0.29) is 12.0 Å². The Morgan fingerprint density at radius 3 is 2.88 bits per heavy atom. The number of ether oxygens (including phenoxy) is 2. The van der Waals surface area contributed by atoms with Gasteiger partial charge in [0.2, 0.25) is 5.91 Å². The molecule has 1 aromatic rings. The number of hydrogen-bond donors (Lipinski definition) is 0. The molecule has 2 atom stereocenters. The van der Waals surface area contributed by atoms with E-state index in [0.29, 0.717) is 18.9 Å². The Morgan fingerprint density at radius 1 is 1.25 bits per heavy atom. The van der Waals surface area contributed by atoms with Crippen molar-refractivity contribution in [2.45, 2.75) is 25.5 Å². The molecule has 0 bridgehead atoms. The van der Waals surface area contributed by atoms with Gasteiger partial charge in [-0.05, 0) is 12.0 Å². The van der Waals surface area contributed by atoms with E-state index in [1.807, 2.05) is 11.0 Å². The van der Waals surface area contributed by atoms with Gasteiger partial charge in [0.15, 0.2) is 0 Å². The molecule has 2 aliphatic rings. The second kappa shape index (κ2) is 8.60. The summed E-state index contributed by atoms with van der Waals surface area (Å²) in [5.74, 6) is 0.709. The van der Waals surface area contributed by atoms with Gasteiger partial charge in [-0.15, -0.1) is 0 Å². The van der Waals surface area contributed by atoms with Gasteiger partial charge in [-0.2, -0.15) is 0 Å². The maximum absolute atomic E-state index is 12.5. The topological polar surface area (TPSA) is 42.0 Å². The molecule has 1 amide bonds. The summed E-state index contributed by atoms with van der Waals surface area (Å²) in [6.45, 7) is 5.82. The van der Waals surface area contributed by atoms with Crippen LogP contribution in [-0.2, 0) is 20.8 Å². The van der Waals surface area contributed by atoms with E-state index < -0.39 is 0 Å². The number of hydrogen-bond acceptors (Lipinski definition) is 4. The zero-order valence-electron chi connectivity index (χ0n) is 14.5. The standard InChI is InChI=1S/C19H28N2O3/c1-23-15-17-7-8-21(13-17)19(22)11-18-14-20(9-10-24-18)12-16-5-3-2-4-6-16/h2-6,17-18H,7-15H2,1H3/t17-,18-/m0/s1. The van der Waals surface area contributed by atoms with Crippen LogP contribution in [0.15, 0.2) is 30.3 Å². The molecule has 0 radical (unpaired) electrons. The van der Waals surface area contributed by atoms with E-state index in [1.54, 1.807) is 7.11 Å². The molecular formula is C19H28N2O3. The highest BCUT2D eigenvalue weighted by Crippen LogP contribution is 2.19. The fourth-order valence-electron chi connectivity index (χ4n) is 3.64. The maximum atomic E-state index is 12.5. The molecule has 1 aromatic carbocycles. The molecule has 5 heteroatoms. The van der Waals surface area contributed by atoms with Crippen LogP contribution in [0.3, 0.4) is 0 Å². The summed E-state index contributed by atoms with van der Waals surface area (Å²) in [4.78, 5) is 16.9. The molecule has 2 fully saturated rings. The van der Waals surface area contributed by atoms with Gasteiger partial charge in [-0.25, -0.2) is 0 Å². The third kappa shape index (κ3) is 4.79. The number of carbonyl (C=O) groups excluding carboxylic acids is 1. The molecule has 0 unspecified atom stereocenters. The number of amides is 1. The lowest BCUT2D eigenvalue weighted by Crippen LogP contribution is -2.44. The summed E-state index contributed by atoms with van der Waals surface area (Å²) in [6.07, 6.45) is 1.55. The largest absolute Gasteiger partial charge is 0.384 e. The van der Waals surface area contributed by atoms with Crippen LogP contribution in [0.2, 0.25) is 0 Å². The summed E-state index contributed by atoms with van der Waals surface area (Å²) >= 11 is 0. The summed E-state index contributed by atoms with van der Waals surface area (Å²) in [5, 5.41) is 0. The molecule has 0 spiro atoms. The van der Waals surface area contributed by atoms with Gasteiger partial charge in [0.25, 0.3) is 0 Å². The Bertz CT molecular complexity index is 523. The first-order chi connectivity index (χ1) is 11.7. The van der Waals surface area contributed by atoms with E-state index in [2.05, 4.69) is 29.2 Å². The first-order valence-corrected chi connectivity index (χ1v) is 8.89. The number of nitrogens with zero attached hydrogens (tertiary/aromatic N) is 2. The lowest BCUT2D eigenvalue weighted by atomic mass is 10.1. The van der Waals surface area contributed by atoms with Crippen LogP contribution < -0.4 is 0 Å². The lowest BCUT2D eigenvalue weighted by Gasteiger charge is -2.33. The molecule has 0 N–H and O–H groups in total. The minimum Gasteiger partial charge on any atom is -0.384 e. The lowest BCUT2D eigenvalue weighted by molar-refractivity contribution is -0.135. The first-order valence-electron chi connectivity index (χ1n) is 8.89. The third-order valence-corrected chi connectivity index (χ3v) is 4.92. The summed E-state index contributed by atoms with van der Waals surface area (Å²) in [6, 6.07) is 10.5. The Labute approximate surface area is 144 Å². The quantitative estimate of drug-likeness (QED) is 0.796. The molecule has 132 valence electrons. The number of morpholine rings is 1. The smallest absolute Gasteiger partial charge is 0.225 e. The van der Waals surface area contributed by atoms with Crippen molar-refractivity contribution in [3.63, 3.8) is 0 Å². The Hall–Kier alpha value is -1.43. The van der Waals surface area contributed by atoms with Crippen molar-refractivity contribution in [3.8, 4) is 0 Å². The van der Waals surface area contributed by atoms with Crippen LogP contribution in [0, 0.1) is 5.92 Å². The normalized spacial score (nSPS) is 25.1. The van der Waals surface area contributed by atoms with E-state index in [0.717, 1.165) is 45.8 Å². The highest BCUT2D eigenvalue weighted by Gasteiger charge is 2.29. The van der Waals surface area contributed by atoms with Crippen LogP contribution in [-0.4, -0.2) is 68.3 Å². The zero-order valence-corrected chi connectivity index (χ0v) is 14.5. The molecule has 2 saturated heterocycles. The first kappa shape index (κ1) is 17.4. The van der Waals surface area contributed by atoms with Crippen molar-refractivity contribution in [1.82, 2.24) is 9.80 Å². The van der Waals surface area contributed by atoms with Crippen molar-refractivity contribution in [2.75, 3.05) is 46.5 Å². The number of methoxy groups -OCH3 is 1. The third-order valence-electron chi connectivity index (χ3n) is 4.92. The van der Waals surface area contributed by atoms with Crippen LogP contribution >= 0.6 is 0 Å². The van der Waals surface area contributed by atoms with Gasteiger partial charge in [-0.1, -0.05) is 30.3 Å². The van der Waals surface area contributed by atoms with Crippen molar-refractivity contribution in [1.29, 1.82) is 0 Å². The van der Waals surface area contributed by atoms with Crippen molar-refractivity contribution < 1.29 is 14.3 Å².